The number of hydrogen-bond donors (Lipinski definition) is 1. The smallest absolute Gasteiger partial charge is 0.263 e. The highest BCUT2D eigenvalue weighted by molar-refractivity contribution is 5.23. The fourth-order valence-corrected chi connectivity index (χ4v) is 1.52. The fraction of sp³-hybridized carbons (Fsp3) is 0.333. The lowest BCUT2D eigenvalue weighted by Gasteiger charge is -2.05. The molecule has 0 fully saturated rings. The van der Waals surface area contributed by atoms with E-state index in [0.29, 0.717) is 25.3 Å². The first kappa shape index (κ1) is 12.6. The molecular weight excluding hydrogens is 240 g/mol. The maximum atomic E-state index is 12.3. The van der Waals surface area contributed by atoms with Crippen LogP contribution in [0.1, 0.15) is 23.4 Å². The van der Waals surface area contributed by atoms with Gasteiger partial charge in [0.25, 0.3) is 6.43 Å². The molecule has 2 rings (SSSR count). The Hall–Kier alpha value is -1.82. The number of aromatic nitrogens is 2. The Morgan fingerprint density at radius 1 is 1.22 bits per heavy atom. The van der Waals surface area contributed by atoms with Crippen LogP contribution in [-0.2, 0) is 13.0 Å². The van der Waals surface area contributed by atoms with Gasteiger partial charge in [-0.05, 0) is 5.56 Å². The predicted molar refractivity (Wildman–Crippen MR) is 61.1 cm³/mol. The first-order chi connectivity index (χ1) is 8.75. The van der Waals surface area contributed by atoms with E-state index < -0.39 is 6.43 Å². The van der Waals surface area contributed by atoms with Crippen molar-refractivity contribution in [3.05, 3.63) is 47.6 Å². The van der Waals surface area contributed by atoms with E-state index in [9.17, 15) is 8.78 Å². The summed E-state index contributed by atoms with van der Waals surface area (Å²) < 4.78 is 29.3. The summed E-state index contributed by atoms with van der Waals surface area (Å²) >= 11 is 0. The van der Waals surface area contributed by atoms with E-state index in [2.05, 4.69) is 20.0 Å². The Morgan fingerprint density at radius 3 is 2.61 bits per heavy atom. The largest absolute Gasteiger partial charge is 0.343 e. The standard InChI is InChI=1S/C12H13F2N3O/c13-12(14)10-3-1-9(2-4-10)7-15-6-5-11-16-8-18-17-11/h1-4,8,12,15H,5-7H2. The molecule has 1 N–H and O–H groups in total. The van der Waals surface area contributed by atoms with E-state index in [1.54, 1.807) is 12.1 Å². The van der Waals surface area contributed by atoms with Crippen LogP contribution < -0.4 is 5.32 Å². The molecule has 4 nitrogen and oxygen atoms in total. The molecule has 2 aromatic rings. The van der Waals surface area contributed by atoms with Gasteiger partial charge in [-0.2, -0.15) is 4.98 Å². The van der Waals surface area contributed by atoms with Crippen LogP contribution in [0.5, 0.6) is 0 Å². The van der Waals surface area contributed by atoms with E-state index in [1.807, 2.05) is 0 Å². The Kier molecular flexibility index (Phi) is 4.35. The van der Waals surface area contributed by atoms with Gasteiger partial charge in [-0.1, -0.05) is 29.4 Å². The van der Waals surface area contributed by atoms with Crippen molar-refractivity contribution in [3.63, 3.8) is 0 Å². The van der Waals surface area contributed by atoms with Gasteiger partial charge < -0.3 is 9.84 Å². The lowest BCUT2D eigenvalue weighted by atomic mass is 10.1. The molecule has 0 bridgehead atoms. The second-order valence-corrected chi connectivity index (χ2v) is 3.82. The number of nitrogens with one attached hydrogen (secondary N) is 1. The van der Waals surface area contributed by atoms with Crippen molar-refractivity contribution in [1.82, 2.24) is 15.5 Å². The molecule has 0 saturated carbocycles. The molecule has 0 spiro atoms. The Bertz CT molecular complexity index is 457. The van der Waals surface area contributed by atoms with Crippen LogP contribution in [0.25, 0.3) is 0 Å². The molecule has 96 valence electrons. The average Bonchev–Trinajstić information content (AvgIpc) is 2.88. The van der Waals surface area contributed by atoms with Crippen LogP contribution in [0.15, 0.2) is 35.2 Å². The molecule has 1 heterocycles. The van der Waals surface area contributed by atoms with Crippen LogP contribution in [0, 0.1) is 0 Å². The van der Waals surface area contributed by atoms with Crippen LogP contribution in [0.2, 0.25) is 0 Å². The van der Waals surface area contributed by atoms with E-state index in [0.717, 1.165) is 5.56 Å². The third kappa shape index (κ3) is 3.59. The van der Waals surface area contributed by atoms with Gasteiger partial charge in [0.15, 0.2) is 5.82 Å². The quantitative estimate of drug-likeness (QED) is 0.803. The SMILES string of the molecule is FC(F)c1ccc(CNCCc2ncon2)cc1. The number of alkyl halides is 2. The summed E-state index contributed by atoms with van der Waals surface area (Å²) in [5.41, 5.74) is 1.01. The highest BCUT2D eigenvalue weighted by Crippen LogP contribution is 2.18. The van der Waals surface area contributed by atoms with Gasteiger partial charge in [0.05, 0.1) is 0 Å². The summed E-state index contributed by atoms with van der Waals surface area (Å²) in [6.07, 6.45) is -0.449. The number of nitrogens with zero attached hydrogens (tertiary/aromatic N) is 2. The average molecular weight is 253 g/mol. The van der Waals surface area contributed by atoms with E-state index in [-0.39, 0.29) is 5.56 Å². The second-order valence-electron chi connectivity index (χ2n) is 3.82. The molecular formula is C12H13F2N3O. The van der Waals surface area contributed by atoms with Crippen molar-refractivity contribution in [3.8, 4) is 0 Å². The summed E-state index contributed by atoms with van der Waals surface area (Å²) in [4.78, 5) is 3.89. The van der Waals surface area contributed by atoms with Crippen LogP contribution in [0.4, 0.5) is 8.78 Å². The maximum Gasteiger partial charge on any atom is 0.263 e. The number of halogens is 2. The topological polar surface area (TPSA) is 51.0 Å². The zero-order valence-electron chi connectivity index (χ0n) is 9.64. The molecule has 1 aromatic carbocycles. The molecule has 18 heavy (non-hydrogen) atoms. The summed E-state index contributed by atoms with van der Waals surface area (Å²) in [5, 5.41) is 6.86. The summed E-state index contributed by atoms with van der Waals surface area (Å²) in [6, 6.07) is 6.29. The van der Waals surface area contributed by atoms with Gasteiger partial charge in [-0.3, -0.25) is 0 Å². The van der Waals surface area contributed by atoms with Crippen LogP contribution in [0.3, 0.4) is 0 Å². The molecule has 0 aliphatic rings. The molecule has 0 aliphatic carbocycles. The molecule has 0 radical (unpaired) electrons. The van der Waals surface area contributed by atoms with E-state index >= 15 is 0 Å². The molecule has 6 heteroatoms. The van der Waals surface area contributed by atoms with Crippen molar-refractivity contribution in [2.45, 2.75) is 19.4 Å². The van der Waals surface area contributed by atoms with Crippen molar-refractivity contribution >= 4 is 0 Å². The Balaban J connectivity index is 1.73. The summed E-state index contributed by atoms with van der Waals surface area (Å²) in [7, 11) is 0. The molecule has 0 amide bonds. The number of benzene rings is 1. The Morgan fingerprint density at radius 2 is 2.00 bits per heavy atom. The molecule has 1 aromatic heterocycles. The lowest BCUT2D eigenvalue weighted by Crippen LogP contribution is -2.17. The zero-order valence-corrected chi connectivity index (χ0v) is 9.64. The first-order valence-electron chi connectivity index (χ1n) is 5.58. The molecule has 0 aliphatic heterocycles. The minimum absolute atomic E-state index is 0.0468. The van der Waals surface area contributed by atoms with Crippen molar-refractivity contribution in [2.75, 3.05) is 6.54 Å². The van der Waals surface area contributed by atoms with Crippen molar-refractivity contribution in [2.24, 2.45) is 0 Å². The summed E-state index contributed by atoms with van der Waals surface area (Å²) in [6.45, 7) is 1.33. The molecule has 0 saturated heterocycles. The minimum atomic E-state index is -2.41. The van der Waals surface area contributed by atoms with E-state index in [1.165, 1.54) is 18.5 Å². The fourth-order valence-electron chi connectivity index (χ4n) is 1.52. The zero-order chi connectivity index (χ0) is 12.8. The van der Waals surface area contributed by atoms with Gasteiger partial charge in [-0.25, -0.2) is 8.78 Å². The highest BCUT2D eigenvalue weighted by atomic mass is 19.3. The van der Waals surface area contributed by atoms with Gasteiger partial charge in [-0.15, -0.1) is 0 Å². The van der Waals surface area contributed by atoms with E-state index in [4.69, 9.17) is 0 Å². The third-order valence-corrected chi connectivity index (χ3v) is 2.49. The third-order valence-electron chi connectivity index (χ3n) is 2.49. The highest BCUT2D eigenvalue weighted by Gasteiger charge is 2.05. The monoisotopic (exact) mass is 253 g/mol. The predicted octanol–water partition coefficient (Wildman–Crippen LogP) is 2.34. The Labute approximate surface area is 103 Å². The van der Waals surface area contributed by atoms with Gasteiger partial charge in [0.1, 0.15) is 0 Å². The minimum Gasteiger partial charge on any atom is -0.343 e. The first-order valence-corrected chi connectivity index (χ1v) is 5.58. The van der Waals surface area contributed by atoms with Gasteiger partial charge in [0, 0.05) is 25.1 Å². The second kappa shape index (κ2) is 6.20. The van der Waals surface area contributed by atoms with Crippen LogP contribution in [-0.4, -0.2) is 16.7 Å². The molecule has 0 atom stereocenters. The molecule has 0 unspecified atom stereocenters. The normalized spacial score (nSPS) is 11.1. The van der Waals surface area contributed by atoms with Gasteiger partial charge >= 0.3 is 0 Å². The number of hydrogen-bond acceptors (Lipinski definition) is 4. The maximum absolute atomic E-state index is 12.3. The van der Waals surface area contributed by atoms with Crippen molar-refractivity contribution < 1.29 is 13.3 Å². The van der Waals surface area contributed by atoms with Crippen molar-refractivity contribution in [1.29, 1.82) is 0 Å². The van der Waals surface area contributed by atoms with Crippen LogP contribution >= 0.6 is 0 Å². The number of rotatable bonds is 6. The summed E-state index contributed by atoms with van der Waals surface area (Å²) in [5.74, 6) is 0.649. The lowest BCUT2D eigenvalue weighted by molar-refractivity contribution is 0.151. The van der Waals surface area contributed by atoms with Gasteiger partial charge in [0.2, 0.25) is 6.39 Å².